The molecule has 8 heteroatoms. The van der Waals surface area contributed by atoms with Crippen LogP contribution in [0.2, 0.25) is 0 Å². The van der Waals surface area contributed by atoms with Gasteiger partial charge in [0.25, 0.3) is 0 Å². The summed E-state index contributed by atoms with van der Waals surface area (Å²) in [5.41, 5.74) is 24.8. The van der Waals surface area contributed by atoms with Crippen molar-refractivity contribution >= 4 is 34.3 Å². The molecule has 1 aliphatic carbocycles. The Labute approximate surface area is 162 Å². The van der Waals surface area contributed by atoms with Crippen LogP contribution in [0.3, 0.4) is 0 Å². The van der Waals surface area contributed by atoms with E-state index in [0.29, 0.717) is 13.2 Å². The third-order valence-corrected chi connectivity index (χ3v) is 4.55. The molecule has 0 aliphatic heterocycles. The van der Waals surface area contributed by atoms with E-state index < -0.39 is 11.6 Å². The lowest BCUT2D eigenvalue weighted by molar-refractivity contribution is 0.0981. The van der Waals surface area contributed by atoms with Gasteiger partial charge in [-0.25, -0.2) is 0 Å². The highest BCUT2D eigenvalue weighted by molar-refractivity contribution is 6.35. The molecule has 2 aromatic carbocycles. The second kappa shape index (κ2) is 7.30. The van der Waals surface area contributed by atoms with Gasteiger partial charge < -0.3 is 32.4 Å². The van der Waals surface area contributed by atoms with Crippen molar-refractivity contribution in [1.82, 2.24) is 0 Å². The average molecular weight is 384 g/mol. The van der Waals surface area contributed by atoms with Gasteiger partial charge in [-0.2, -0.15) is 0 Å². The highest BCUT2D eigenvalue weighted by atomic mass is 16.5. The highest BCUT2D eigenvalue weighted by Crippen LogP contribution is 2.44. The van der Waals surface area contributed by atoms with Gasteiger partial charge in [0.15, 0.2) is 11.6 Å². The maximum Gasteiger partial charge on any atom is 0.199 e. The summed E-state index contributed by atoms with van der Waals surface area (Å²) >= 11 is 0. The maximum atomic E-state index is 13.3. The second-order valence-corrected chi connectivity index (χ2v) is 6.61. The van der Waals surface area contributed by atoms with Crippen molar-refractivity contribution in [3.63, 3.8) is 0 Å². The molecule has 0 aromatic heterocycles. The SMILES string of the molecule is CCCOc1cc(N)c2c(c1N)C(=O)c1c(N)c(OCCC)cc(N)c1C2=O. The number of fused-ring (bicyclic) bond motifs is 2. The van der Waals surface area contributed by atoms with Crippen molar-refractivity contribution in [2.24, 2.45) is 0 Å². The van der Waals surface area contributed by atoms with Crippen LogP contribution in [0.5, 0.6) is 11.5 Å². The monoisotopic (exact) mass is 384 g/mol. The molecule has 0 heterocycles. The molecule has 0 fully saturated rings. The van der Waals surface area contributed by atoms with E-state index >= 15 is 0 Å². The number of carbonyl (C=O) groups excluding carboxylic acids is 2. The van der Waals surface area contributed by atoms with Crippen molar-refractivity contribution in [2.75, 3.05) is 36.1 Å². The fourth-order valence-electron chi connectivity index (χ4n) is 3.26. The minimum atomic E-state index is -0.526. The number of ketones is 2. The molecule has 0 amide bonds. The lowest BCUT2D eigenvalue weighted by atomic mass is 9.80. The number of nitrogens with two attached hydrogens (primary N) is 4. The predicted octanol–water partition coefficient (Wildman–Crippen LogP) is 2.37. The zero-order valence-electron chi connectivity index (χ0n) is 15.9. The van der Waals surface area contributed by atoms with E-state index in [0.717, 1.165) is 12.8 Å². The molecule has 0 atom stereocenters. The summed E-state index contributed by atoms with van der Waals surface area (Å²) in [6.07, 6.45) is 1.49. The standard InChI is InChI=1S/C20H24N4O4/c1-3-5-27-11-7-9(21)13-15(17(11)23)20(26)16-14(19(13)25)10(22)8-12(18(16)24)28-6-4-2/h7-8H,3-6,21-24H2,1-2H3. The zero-order chi connectivity index (χ0) is 20.6. The molecule has 148 valence electrons. The smallest absolute Gasteiger partial charge is 0.199 e. The summed E-state index contributed by atoms with van der Waals surface area (Å²) in [5.74, 6) is -0.510. The third kappa shape index (κ3) is 2.87. The van der Waals surface area contributed by atoms with E-state index in [2.05, 4.69) is 0 Å². The molecule has 28 heavy (non-hydrogen) atoms. The van der Waals surface area contributed by atoms with Crippen molar-refractivity contribution in [3.05, 3.63) is 34.4 Å². The number of ether oxygens (including phenoxy) is 2. The zero-order valence-corrected chi connectivity index (χ0v) is 15.9. The fraction of sp³-hybridized carbons (Fsp3) is 0.300. The van der Waals surface area contributed by atoms with Crippen molar-refractivity contribution in [2.45, 2.75) is 26.7 Å². The van der Waals surface area contributed by atoms with Gasteiger partial charge in [-0.1, -0.05) is 13.8 Å². The molecular formula is C20H24N4O4. The maximum absolute atomic E-state index is 13.3. The van der Waals surface area contributed by atoms with Gasteiger partial charge in [-0.15, -0.1) is 0 Å². The second-order valence-electron chi connectivity index (χ2n) is 6.61. The molecule has 0 spiro atoms. The summed E-state index contributed by atoms with van der Waals surface area (Å²) in [5, 5.41) is 0. The molecular weight excluding hydrogens is 360 g/mol. The Morgan fingerprint density at radius 1 is 0.679 bits per heavy atom. The first-order valence-corrected chi connectivity index (χ1v) is 9.12. The molecule has 2 aromatic rings. The number of anilines is 4. The van der Waals surface area contributed by atoms with Gasteiger partial charge in [0.1, 0.15) is 11.5 Å². The fourth-order valence-corrected chi connectivity index (χ4v) is 3.26. The summed E-state index contributed by atoms with van der Waals surface area (Å²) < 4.78 is 11.2. The number of benzene rings is 2. The normalized spacial score (nSPS) is 12.5. The molecule has 0 radical (unpaired) electrons. The number of nitrogen functional groups attached to an aromatic ring is 4. The molecule has 0 saturated heterocycles. The minimum Gasteiger partial charge on any atom is -0.491 e. The van der Waals surface area contributed by atoms with Crippen molar-refractivity contribution in [1.29, 1.82) is 0 Å². The Kier molecular flexibility index (Phi) is 5.04. The summed E-state index contributed by atoms with van der Waals surface area (Å²) in [4.78, 5) is 26.5. The largest absolute Gasteiger partial charge is 0.491 e. The average Bonchev–Trinajstić information content (AvgIpc) is 2.66. The van der Waals surface area contributed by atoms with Crippen LogP contribution in [0, 0.1) is 0 Å². The predicted molar refractivity (Wildman–Crippen MR) is 109 cm³/mol. The van der Waals surface area contributed by atoms with Gasteiger partial charge in [0.05, 0.1) is 46.8 Å². The number of hydrogen-bond acceptors (Lipinski definition) is 8. The number of hydrogen-bond donors (Lipinski definition) is 4. The molecule has 0 unspecified atom stereocenters. The Morgan fingerprint density at radius 3 is 1.39 bits per heavy atom. The van der Waals surface area contributed by atoms with E-state index in [9.17, 15) is 9.59 Å². The Morgan fingerprint density at radius 2 is 1.04 bits per heavy atom. The van der Waals surface area contributed by atoms with Crippen LogP contribution in [0.1, 0.15) is 58.5 Å². The van der Waals surface area contributed by atoms with Gasteiger partial charge in [0.2, 0.25) is 0 Å². The Balaban J connectivity index is 2.25. The summed E-state index contributed by atoms with van der Waals surface area (Å²) in [7, 11) is 0. The van der Waals surface area contributed by atoms with Crippen LogP contribution in [0.15, 0.2) is 12.1 Å². The summed E-state index contributed by atoms with van der Waals surface area (Å²) in [6.45, 7) is 4.66. The van der Waals surface area contributed by atoms with Crippen LogP contribution < -0.4 is 32.4 Å². The molecule has 0 bridgehead atoms. The highest BCUT2D eigenvalue weighted by Gasteiger charge is 2.38. The molecule has 3 rings (SSSR count). The topological polar surface area (TPSA) is 157 Å². The first-order valence-electron chi connectivity index (χ1n) is 9.12. The molecule has 8 N–H and O–H groups in total. The van der Waals surface area contributed by atoms with Gasteiger partial charge in [-0.05, 0) is 12.8 Å². The number of rotatable bonds is 6. The van der Waals surface area contributed by atoms with Crippen LogP contribution in [-0.4, -0.2) is 24.8 Å². The first kappa shape index (κ1) is 19.3. The van der Waals surface area contributed by atoms with Crippen LogP contribution >= 0.6 is 0 Å². The first-order chi connectivity index (χ1) is 13.3. The van der Waals surface area contributed by atoms with E-state index in [4.69, 9.17) is 32.4 Å². The van der Waals surface area contributed by atoms with Crippen molar-refractivity contribution < 1.29 is 19.1 Å². The lowest BCUT2D eigenvalue weighted by Gasteiger charge is -2.25. The Bertz CT molecular complexity index is 910. The molecule has 0 saturated carbocycles. The summed E-state index contributed by atoms with van der Waals surface area (Å²) in [6, 6.07) is 2.91. The molecule has 1 aliphatic rings. The Hall–Kier alpha value is -3.42. The van der Waals surface area contributed by atoms with Gasteiger partial charge in [-0.3, -0.25) is 9.59 Å². The van der Waals surface area contributed by atoms with Crippen molar-refractivity contribution in [3.8, 4) is 11.5 Å². The van der Waals surface area contributed by atoms with Crippen LogP contribution in [-0.2, 0) is 0 Å². The molecule has 8 nitrogen and oxygen atoms in total. The van der Waals surface area contributed by atoms with Gasteiger partial charge in [0, 0.05) is 23.5 Å². The van der Waals surface area contributed by atoms with E-state index in [1.54, 1.807) is 0 Å². The van der Waals surface area contributed by atoms with E-state index in [-0.39, 0.29) is 56.5 Å². The van der Waals surface area contributed by atoms with Crippen LogP contribution in [0.25, 0.3) is 0 Å². The number of carbonyl (C=O) groups is 2. The lowest BCUT2D eigenvalue weighted by Crippen LogP contribution is -2.27. The quantitative estimate of drug-likeness (QED) is 0.472. The third-order valence-electron chi connectivity index (χ3n) is 4.55. The van der Waals surface area contributed by atoms with E-state index in [1.807, 2.05) is 13.8 Å². The van der Waals surface area contributed by atoms with E-state index in [1.165, 1.54) is 12.1 Å². The van der Waals surface area contributed by atoms with Crippen LogP contribution in [0.4, 0.5) is 22.7 Å². The minimum absolute atomic E-state index is 0.0117. The van der Waals surface area contributed by atoms with Gasteiger partial charge >= 0.3 is 0 Å².